The number of nitrogens with zero attached hydrogens (tertiary/aromatic N) is 1. The Morgan fingerprint density at radius 2 is 1.52 bits per heavy atom. The van der Waals surface area contributed by atoms with Crippen LogP contribution in [0.4, 0.5) is 0 Å². The second kappa shape index (κ2) is 5.67. The Morgan fingerprint density at radius 1 is 1.00 bits per heavy atom. The van der Waals surface area contributed by atoms with Crippen LogP contribution in [0.25, 0.3) is 21.5 Å². The molecule has 1 aliphatic carbocycles. The lowest BCUT2D eigenvalue weighted by Crippen LogP contribution is -2.19. The van der Waals surface area contributed by atoms with Gasteiger partial charge in [0, 0.05) is 22.3 Å². The van der Waals surface area contributed by atoms with Crippen molar-refractivity contribution in [3.8, 4) is 0 Å². The van der Waals surface area contributed by atoms with E-state index in [2.05, 4.69) is 10.5 Å². The third-order valence-electron chi connectivity index (χ3n) is 4.22. The van der Waals surface area contributed by atoms with Crippen LogP contribution in [-0.2, 0) is 4.79 Å². The van der Waals surface area contributed by atoms with Crippen LogP contribution >= 0.6 is 11.6 Å². The van der Waals surface area contributed by atoms with Gasteiger partial charge in [0.05, 0.1) is 11.2 Å². The highest BCUT2D eigenvalue weighted by Crippen LogP contribution is 2.35. The summed E-state index contributed by atoms with van der Waals surface area (Å²) in [5.41, 5.74) is 3.60. The van der Waals surface area contributed by atoms with Crippen LogP contribution in [0.1, 0.15) is 18.4 Å². The van der Waals surface area contributed by atoms with Crippen molar-refractivity contribution in [2.24, 2.45) is 11.0 Å². The van der Waals surface area contributed by atoms with Crippen LogP contribution in [0.3, 0.4) is 0 Å². The average molecular weight is 323 g/mol. The number of carbonyl (C=O) groups excluding carboxylic acids is 1. The van der Waals surface area contributed by atoms with Gasteiger partial charge in [-0.15, -0.1) is 0 Å². The van der Waals surface area contributed by atoms with Crippen molar-refractivity contribution in [3.05, 3.63) is 59.1 Å². The highest BCUT2D eigenvalue weighted by molar-refractivity contribution is 6.42. The monoisotopic (exact) mass is 322 g/mol. The van der Waals surface area contributed by atoms with Crippen molar-refractivity contribution < 1.29 is 4.79 Å². The predicted octanol–water partition coefficient (Wildman–Crippen LogP) is 4.51. The van der Waals surface area contributed by atoms with Gasteiger partial charge in [-0.3, -0.25) is 4.79 Å². The minimum Gasteiger partial charge on any atom is -0.273 e. The summed E-state index contributed by atoms with van der Waals surface area (Å²) in [5, 5.41) is 8.94. The molecule has 0 spiro atoms. The maximum absolute atomic E-state index is 11.7. The van der Waals surface area contributed by atoms with Crippen LogP contribution in [0.5, 0.6) is 0 Å². The number of fused-ring (bicyclic) bond motifs is 2. The molecular weight excluding hydrogens is 308 g/mol. The summed E-state index contributed by atoms with van der Waals surface area (Å²) in [4.78, 5) is 11.7. The lowest BCUT2D eigenvalue weighted by molar-refractivity contribution is -0.122. The van der Waals surface area contributed by atoms with Crippen LogP contribution in [0.2, 0.25) is 5.02 Å². The van der Waals surface area contributed by atoms with E-state index in [0.717, 1.165) is 45.0 Å². The number of nitrogens with one attached hydrogen (secondary N) is 1. The van der Waals surface area contributed by atoms with E-state index < -0.39 is 0 Å². The van der Waals surface area contributed by atoms with Gasteiger partial charge in [0.25, 0.3) is 0 Å². The zero-order valence-electron chi connectivity index (χ0n) is 12.4. The second-order valence-corrected chi connectivity index (χ2v) is 6.21. The van der Waals surface area contributed by atoms with E-state index in [4.69, 9.17) is 11.6 Å². The van der Waals surface area contributed by atoms with E-state index in [-0.39, 0.29) is 11.8 Å². The summed E-state index contributed by atoms with van der Waals surface area (Å²) in [5.74, 6) is 0.148. The topological polar surface area (TPSA) is 41.5 Å². The molecular formula is C19H15ClN2O. The summed E-state index contributed by atoms with van der Waals surface area (Å²) in [6.45, 7) is 0. The lowest BCUT2D eigenvalue weighted by atomic mass is 9.97. The van der Waals surface area contributed by atoms with Crippen molar-refractivity contribution in [1.82, 2.24) is 5.43 Å². The van der Waals surface area contributed by atoms with Crippen molar-refractivity contribution >= 4 is 45.3 Å². The summed E-state index contributed by atoms with van der Waals surface area (Å²) in [7, 11) is 0. The summed E-state index contributed by atoms with van der Waals surface area (Å²) < 4.78 is 0. The third kappa shape index (κ3) is 2.57. The molecule has 1 amide bonds. The Morgan fingerprint density at radius 3 is 2.04 bits per heavy atom. The first-order valence-electron chi connectivity index (χ1n) is 7.67. The number of benzene rings is 3. The van der Waals surface area contributed by atoms with E-state index in [1.807, 2.05) is 48.5 Å². The average Bonchev–Trinajstić information content (AvgIpc) is 3.43. The molecule has 3 aromatic rings. The Hall–Kier alpha value is -2.39. The standard InChI is InChI=1S/C19H15ClN2O/c20-18-15-7-3-1-5-13(15)17(14-6-2-4-8-16(14)18)11-21-22-19(23)12-9-10-12/h1-8,11-12H,9-10H2,(H,22,23)/b21-11-. The molecule has 0 unspecified atom stereocenters. The van der Waals surface area contributed by atoms with Crippen LogP contribution < -0.4 is 5.43 Å². The lowest BCUT2D eigenvalue weighted by Gasteiger charge is -2.10. The highest BCUT2D eigenvalue weighted by Gasteiger charge is 2.29. The Labute approximate surface area is 138 Å². The summed E-state index contributed by atoms with van der Waals surface area (Å²) in [6.07, 6.45) is 3.66. The van der Waals surface area contributed by atoms with E-state index in [1.165, 1.54) is 0 Å². The van der Waals surface area contributed by atoms with Gasteiger partial charge in [-0.25, -0.2) is 5.43 Å². The van der Waals surface area contributed by atoms with Crippen molar-refractivity contribution in [2.45, 2.75) is 12.8 Å². The number of carbonyl (C=O) groups is 1. The minimum atomic E-state index is 0.00354. The number of rotatable bonds is 3. The number of hydrogen-bond donors (Lipinski definition) is 1. The van der Waals surface area contributed by atoms with Gasteiger partial charge in [0.15, 0.2) is 0 Å². The van der Waals surface area contributed by atoms with Gasteiger partial charge in [-0.2, -0.15) is 5.10 Å². The molecule has 114 valence electrons. The minimum absolute atomic E-state index is 0.00354. The molecule has 0 aliphatic heterocycles. The third-order valence-corrected chi connectivity index (χ3v) is 4.63. The summed E-state index contributed by atoms with van der Waals surface area (Å²) >= 11 is 6.57. The second-order valence-electron chi connectivity index (χ2n) is 5.83. The Kier molecular flexibility index (Phi) is 3.50. The smallest absolute Gasteiger partial charge is 0.243 e. The van der Waals surface area contributed by atoms with Crippen molar-refractivity contribution in [3.63, 3.8) is 0 Å². The molecule has 1 fully saturated rings. The molecule has 3 aromatic carbocycles. The van der Waals surface area contributed by atoms with Gasteiger partial charge in [0.2, 0.25) is 5.91 Å². The fraction of sp³-hybridized carbons (Fsp3) is 0.158. The molecule has 4 rings (SSSR count). The normalized spacial score (nSPS) is 14.7. The zero-order chi connectivity index (χ0) is 15.8. The number of hydrazone groups is 1. The first-order valence-corrected chi connectivity index (χ1v) is 8.05. The number of halogens is 1. The van der Waals surface area contributed by atoms with Crippen molar-refractivity contribution in [2.75, 3.05) is 0 Å². The van der Waals surface area contributed by atoms with Crippen LogP contribution in [-0.4, -0.2) is 12.1 Å². The largest absolute Gasteiger partial charge is 0.273 e. The Balaban J connectivity index is 1.86. The number of amides is 1. The molecule has 1 N–H and O–H groups in total. The maximum atomic E-state index is 11.7. The van der Waals surface area contributed by atoms with Gasteiger partial charge in [-0.1, -0.05) is 60.1 Å². The van der Waals surface area contributed by atoms with Gasteiger partial charge >= 0.3 is 0 Å². The van der Waals surface area contributed by atoms with E-state index in [9.17, 15) is 4.79 Å². The molecule has 1 aliphatic rings. The van der Waals surface area contributed by atoms with E-state index >= 15 is 0 Å². The molecule has 0 radical (unpaired) electrons. The van der Waals surface area contributed by atoms with Crippen LogP contribution in [0, 0.1) is 5.92 Å². The fourth-order valence-corrected chi connectivity index (χ4v) is 3.17. The molecule has 0 bridgehead atoms. The predicted molar refractivity (Wildman–Crippen MR) is 94.9 cm³/mol. The summed E-state index contributed by atoms with van der Waals surface area (Å²) in [6, 6.07) is 16.0. The highest BCUT2D eigenvalue weighted by atomic mass is 35.5. The first kappa shape index (κ1) is 14.2. The molecule has 1 saturated carbocycles. The SMILES string of the molecule is O=C(N/N=C\c1c2ccccc2c(Cl)c2ccccc12)C1CC1. The van der Waals surface area contributed by atoms with Crippen LogP contribution in [0.15, 0.2) is 53.6 Å². The molecule has 4 heteroatoms. The van der Waals surface area contributed by atoms with Crippen molar-refractivity contribution in [1.29, 1.82) is 0 Å². The molecule has 0 aromatic heterocycles. The van der Waals surface area contributed by atoms with Gasteiger partial charge in [0.1, 0.15) is 0 Å². The zero-order valence-corrected chi connectivity index (χ0v) is 13.2. The fourth-order valence-electron chi connectivity index (χ4n) is 2.85. The molecule has 0 heterocycles. The van der Waals surface area contributed by atoms with Gasteiger partial charge in [-0.05, 0) is 23.6 Å². The van der Waals surface area contributed by atoms with E-state index in [0.29, 0.717) is 0 Å². The Bertz CT molecular complexity index is 888. The van der Waals surface area contributed by atoms with Gasteiger partial charge < -0.3 is 0 Å². The molecule has 0 saturated heterocycles. The first-order chi connectivity index (χ1) is 11.3. The molecule has 3 nitrogen and oxygen atoms in total. The number of hydrogen-bond acceptors (Lipinski definition) is 2. The molecule has 0 atom stereocenters. The van der Waals surface area contributed by atoms with E-state index in [1.54, 1.807) is 6.21 Å². The maximum Gasteiger partial charge on any atom is 0.243 e. The quantitative estimate of drug-likeness (QED) is 0.430. The molecule has 23 heavy (non-hydrogen) atoms.